The van der Waals surface area contributed by atoms with Crippen molar-refractivity contribution in [3.63, 3.8) is 0 Å². The van der Waals surface area contributed by atoms with E-state index >= 15 is 0 Å². The van der Waals surface area contributed by atoms with Gasteiger partial charge in [0.1, 0.15) is 6.04 Å². The summed E-state index contributed by atoms with van der Waals surface area (Å²) in [6.07, 6.45) is 1.56. The van der Waals surface area contributed by atoms with Gasteiger partial charge in [0.25, 0.3) is 6.72 Å². The number of nitrogens with zero attached hydrogens (tertiary/aromatic N) is 1. The Hall–Kier alpha value is -1.45. The van der Waals surface area contributed by atoms with Gasteiger partial charge in [-0.3, -0.25) is 9.59 Å². The zero-order valence-electron chi connectivity index (χ0n) is 8.23. The third kappa shape index (κ3) is 5.24. The number of hydrogen-bond donors (Lipinski definition) is 1. The lowest BCUT2D eigenvalue weighted by molar-refractivity contribution is -0.144. The van der Waals surface area contributed by atoms with Crippen LogP contribution in [-0.4, -0.2) is 37.3 Å². The number of rotatable bonds is 6. The largest absolute Gasteiger partial charge is 0.465 e. The maximum absolute atomic E-state index is 11.0. The molecule has 78 valence electrons. The average molecular weight is 199 g/mol. The normalized spacial score (nSPS) is 11.3. The summed E-state index contributed by atoms with van der Waals surface area (Å²) in [5, 5.41) is 0. The first-order chi connectivity index (χ1) is 6.61. The molecule has 0 aromatic heterocycles. The maximum atomic E-state index is 11.0. The standard InChI is InChI=1S/C9H15N2O3/c1-3-14-9(13)8(10)5-4-7(12)6-11-2/h6,8H,2-5,10H2,1H3/q+1/t8-/m0/s1. The van der Waals surface area contributed by atoms with E-state index in [1.807, 2.05) is 0 Å². The number of ketones is 1. The fourth-order valence-corrected chi connectivity index (χ4v) is 0.831. The van der Waals surface area contributed by atoms with E-state index in [2.05, 4.69) is 16.1 Å². The van der Waals surface area contributed by atoms with Crippen molar-refractivity contribution in [3.05, 3.63) is 0 Å². The molecule has 0 amide bonds. The minimum Gasteiger partial charge on any atom is -0.465 e. The lowest BCUT2D eigenvalue weighted by atomic mass is 10.1. The molecule has 0 aliphatic heterocycles. The molecule has 14 heavy (non-hydrogen) atoms. The molecule has 0 aliphatic carbocycles. The van der Waals surface area contributed by atoms with E-state index in [9.17, 15) is 9.59 Å². The Morgan fingerprint density at radius 3 is 2.79 bits per heavy atom. The highest BCUT2D eigenvalue weighted by molar-refractivity contribution is 6.27. The van der Waals surface area contributed by atoms with Crippen LogP contribution in [0.25, 0.3) is 0 Å². The Morgan fingerprint density at radius 2 is 2.29 bits per heavy atom. The molecule has 5 nitrogen and oxygen atoms in total. The smallest absolute Gasteiger partial charge is 0.334 e. The van der Waals surface area contributed by atoms with Crippen LogP contribution in [0.1, 0.15) is 19.8 Å². The second-order valence-corrected chi connectivity index (χ2v) is 2.68. The van der Waals surface area contributed by atoms with E-state index in [1.165, 1.54) is 0 Å². The van der Waals surface area contributed by atoms with Crippen LogP contribution in [0.4, 0.5) is 0 Å². The lowest BCUT2D eigenvalue weighted by Gasteiger charge is -2.07. The fraction of sp³-hybridized carbons (Fsp3) is 0.556. The van der Waals surface area contributed by atoms with Crippen LogP contribution in [-0.2, 0) is 14.3 Å². The zero-order valence-corrected chi connectivity index (χ0v) is 8.23. The molecular formula is C9H15N2O3+. The van der Waals surface area contributed by atoms with Crippen LogP contribution in [0, 0.1) is 0 Å². The first kappa shape index (κ1) is 12.6. The van der Waals surface area contributed by atoms with Crippen LogP contribution < -0.4 is 10.4 Å². The number of ether oxygens (including phenoxy) is 1. The highest BCUT2D eigenvalue weighted by atomic mass is 16.5. The van der Waals surface area contributed by atoms with Gasteiger partial charge < -0.3 is 10.5 Å². The quantitative estimate of drug-likeness (QED) is 0.340. The van der Waals surface area contributed by atoms with Crippen molar-refractivity contribution in [2.24, 2.45) is 5.73 Å². The zero-order chi connectivity index (χ0) is 11.0. The van der Waals surface area contributed by atoms with Crippen molar-refractivity contribution in [3.8, 4) is 0 Å². The molecule has 0 heterocycles. The van der Waals surface area contributed by atoms with Crippen molar-refractivity contribution in [2.45, 2.75) is 25.8 Å². The average Bonchev–Trinajstić information content (AvgIpc) is 2.15. The molecule has 0 aliphatic rings. The number of Topliss-reactive ketones (excluding diaryl/α,β-unsaturated/α-hetero) is 1. The molecule has 5 heteroatoms. The van der Waals surface area contributed by atoms with Crippen molar-refractivity contribution in [1.29, 1.82) is 0 Å². The van der Waals surface area contributed by atoms with Gasteiger partial charge in [-0.25, -0.2) is 0 Å². The molecule has 0 radical (unpaired) electrons. The molecule has 0 unspecified atom stereocenters. The van der Waals surface area contributed by atoms with Crippen molar-refractivity contribution in [2.75, 3.05) is 6.61 Å². The molecule has 0 saturated heterocycles. The molecule has 2 N–H and O–H groups in total. The highest BCUT2D eigenvalue weighted by Crippen LogP contribution is 1.97. The number of hydrogen-bond acceptors (Lipinski definition) is 4. The first-order valence-electron chi connectivity index (χ1n) is 4.36. The minimum absolute atomic E-state index is 0.180. The van der Waals surface area contributed by atoms with Gasteiger partial charge in [0, 0.05) is 6.42 Å². The summed E-state index contributed by atoms with van der Waals surface area (Å²) < 4.78 is 7.99. The summed E-state index contributed by atoms with van der Waals surface area (Å²) in [6, 6.07) is -0.739. The van der Waals surface area contributed by atoms with E-state index < -0.39 is 12.0 Å². The van der Waals surface area contributed by atoms with Gasteiger partial charge in [0.15, 0.2) is 0 Å². The van der Waals surface area contributed by atoms with Gasteiger partial charge in [-0.1, -0.05) is 0 Å². The van der Waals surface area contributed by atoms with E-state index in [-0.39, 0.29) is 18.6 Å². The Bertz CT molecular complexity index is 257. The van der Waals surface area contributed by atoms with Crippen LogP contribution >= 0.6 is 0 Å². The molecule has 0 fully saturated rings. The second-order valence-electron chi connectivity index (χ2n) is 2.68. The topological polar surface area (TPSA) is 83.5 Å². The number of nitrogens with two attached hydrogens (primary N) is 1. The lowest BCUT2D eigenvalue weighted by Crippen LogP contribution is -2.32. The molecule has 0 bridgehead atoms. The summed E-state index contributed by atoms with van der Waals surface area (Å²) >= 11 is 0. The van der Waals surface area contributed by atoms with Crippen LogP contribution in [0.2, 0.25) is 0 Å². The minimum atomic E-state index is -0.739. The molecule has 0 spiro atoms. The third-order valence-corrected chi connectivity index (χ3v) is 1.53. The van der Waals surface area contributed by atoms with Gasteiger partial charge in [0.05, 0.1) is 6.61 Å². The van der Waals surface area contributed by atoms with E-state index in [1.54, 1.807) is 6.92 Å². The molecule has 0 aromatic rings. The molecule has 0 aromatic carbocycles. The van der Waals surface area contributed by atoms with Crippen LogP contribution in [0.5, 0.6) is 0 Å². The SMILES string of the molecule is C=[N+]=CC(=O)CC[C@H](N)C(=O)OCC. The summed E-state index contributed by atoms with van der Waals surface area (Å²) in [7, 11) is 0. The number of carbonyl (C=O) groups is 2. The summed E-state index contributed by atoms with van der Waals surface area (Å²) in [6.45, 7) is 5.14. The summed E-state index contributed by atoms with van der Waals surface area (Å²) in [4.78, 5) is 21.9. The molecule has 1 atom stereocenters. The van der Waals surface area contributed by atoms with Gasteiger partial charge in [-0.2, -0.15) is 0 Å². The maximum Gasteiger partial charge on any atom is 0.334 e. The van der Waals surface area contributed by atoms with Crippen molar-refractivity contribution in [1.82, 2.24) is 4.67 Å². The van der Waals surface area contributed by atoms with Gasteiger partial charge in [-0.05, 0) is 13.3 Å². The Kier molecular flexibility index (Phi) is 6.28. The molecule has 0 saturated carbocycles. The third-order valence-electron chi connectivity index (χ3n) is 1.53. The van der Waals surface area contributed by atoms with Gasteiger partial charge in [-0.15, -0.1) is 4.67 Å². The monoisotopic (exact) mass is 199 g/mol. The highest BCUT2D eigenvalue weighted by Gasteiger charge is 2.16. The first-order valence-corrected chi connectivity index (χ1v) is 4.36. The van der Waals surface area contributed by atoms with Crippen molar-refractivity contribution >= 4 is 24.7 Å². The van der Waals surface area contributed by atoms with Crippen LogP contribution in [0.3, 0.4) is 0 Å². The van der Waals surface area contributed by atoms with Crippen LogP contribution in [0.15, 0.2) is 0 Å². The number of carbonyl (C=O) groups excluding carboxylic acids is 2. The second kappa shape index (κ2) is 7.00. The van der Waals surface area contributed by atoms with E-state index in [0.29, 0.717) is 6.61 Å². The van der Waals surface area contributed by atoms with Crippen molar-refractivity contribution < 1.29 is 14.3 Å². The predicted molar refractivity (Wildman–Crippen MR) is 54.2 cm³/mol. The fourth-order valence-electron chi connectivity index (χ4n) is 0.831. The predicted octanol–water partition coefficient (Wildman–Crippen LogP) is -0.935. The molecule has 0 rings (SSSR count). The van der Waals surface area contributed by atoms with Gasteiger partial charge >= 0.3 is 12.2 Å². The van der Waals surface area contributed by atoms with E-state index in [0.717, 1.165) is 6.21 Å². The van der Waals surface area contributed by atoms with E-state index in [4.69, 9.17) is 5.73 Å². The Balaban J connectivity index is 3.83. The molecular weight excluding hydrogens is 184 g/mol. The summed E-state index contributed by atoms with van der Waals surface area (Å²) in [5.74, 6) is -0.674. The Morgan fingerprint density at radius 1 is 1.64 bits per heavy atom. The Labute approximate surface area is 82.7 Å². The number of esters is 1. The van der Waals surface area contributed by atoms with Gasteiger partial charge in [0.2, 0.25) is 5.78 Å². The summed E-state index contributed by atoms with van der Waals surface area (Å²) in [5.41, 5.74) is 5.46.